The van der Waals surface area contributed by atoms with Gasteiger partial charge in [0.15, 0.2) is 6.67 Å². The van der Waals surface area contributed by atoms with Crippen LogP contribution in [0.4, 0.5) is 11.4 Å². The lowest BCUT2D eigenvalue weighted by Crippen LogP contribution is -3.03. The van der Waals surface area contributed by atoms with Gasteiger partial charge in [-0.15, -0.1) is 10.2 Å². The van der Waals surface area contributed by atoms with Crippen LogP contribution >= 0.6 is 0 Å². The summed E-state index contributed by atoms with van der Waals surface area (Å²) in [6.07, 6.45) is 0. The Hall–Kier alpha value is -2.08. The lowest BCUT2D eigenvalue weighted by molar-refractivity contribution is -0.887. The van der Waals surface area contributed by atoms with Gasteiger partial charge in [-0.25, -0.2) is 8.42 Å². The molecule has 0 amide bonds. The van der Waals surface area contributed by atoms with Crippen LogP contribution in [-0.4, -0.2) is 64.8 Å². The van der Waals surface area contributed by atoms with Crippen molar-refractivity contribution in [3.63, 3.8) is 0 Å². The highest BCUT2D eigenvalue weighted by atomic mass is 32.3. The summed E-state index contributed by atoms with van der Waals surface area (Å²) >= 11 is 0. The fourth-order valence-electron chi connectivity index (χ4n) is 2.23. The molecular formula is C15H26N6O4S. The van der Waals surface area contributed by atoms with Crippen LogP contribution in [0.2, 0.25) is 0 Å². The molecule has 0 fully saturated rings. The average Bonchev–Trinajstić information content (AvgIpc) is 2.92. The molecule has 26 heavy (non-hydrogen) atoms. The number of nitrogens with zero attached hydrogens (tertiary/aromatic N) is 5. The number of hydrogen-bond acceptors (Lipinski definition) is 9. The summed E-state index contributed by atoms with van der Waals surface area (Å²) in [5.41, 5.74) is 2.06. The summed E-state index contributed by atoms with van der Waals surface area (Å²) < 4.78 is 31.0. The summed E-state index contributed by atoms with van der Waals surface area (Å²) in [5.74, 6) is 0.676. The van der Waals surface area contributed by atoms with Crippen molar-refractivity contribution < 1.29 is 22.2 Å². The van der Waals surface area contributed by atoms with Gasteiger partial charge in [-0.3, -0.25) is 9.08 Å². The van der Waals surface area contributed by atoms with E-state index in [-0.39, 0.29) is 0 Å². The monoisotopic (exact) mass is 386 g/mol. The molecule has 1 aromatic rings. The number of nitrogens with one attached hydrogen (secondary N) is 1. The van der Waals surface area contributed by atoms with Crippen molar-refractivity contribution in [2.75, 3.05) is 45.9 Å². The summed E-state index contributed by atoms with van der Waals surface area (Å²) in [6, 6.07) is 8.14. The molecular weight excluding hydrogens is 360 g/mol. The number of rotatable bonds is 5. The maximum atomic E-state index is 9.22. The molecule has 1 aliphatic rings. The van der Waals surface area contributed by atoms with Crippen molar-refractivity contribution in [2.45, 2.75) is 13.8 Å². The highest BCUT2D eigenvalue weighted by Gasteiger charge is 2.20. The van der Waals surface area contributed by atoms with Crippen LogP contribution in [0.15, 0.2) is 39.6 Å². The predicted molar refractivity (Wildman–Crippen MR) is 98.2 cm³/mol. The van der Waals surface area contributed by atoms with Gasteiger partial charge in [0, 0.05) is 25.8 Å². The van der Waals surface area contributed by atoms with E-state index >= 15 is 0 Å². The molecule has 0 radical (unpaired) electrons. The van der Waals surface area contributed by atoms with Gasteiger partial charge >= 0.3 is 5.96 Å². The zero-order valence-electron chi connectivity index (χ0n) is 15.7. The highest BCUT2D eigenvalue weighted by molar-refractivity contribution is 7.80. The molecule has 1 heterocycles. The molecule has 2 rings (SSSR count). The minimum absolute atomic E-state index is 0.676. The van der Waals surface area contributed by atoms with Gasteiger partial charge in [0.05, 0.1) is 19.8 Å². The average molecular weight is 386 g/mol. The van der Waals surface area contributed by atoms with Crippen LogP contribution < -0.4 is 9.91 Å². The van der Waals surface area contributed by atoms with Gasteiger partial charge in [-0.05, 0) is 43.2 Å². The molecule has 1 aliphatic heterocycles. The number of guanidine groups is 1. The quantitative estimate of drug-likeness (QED) is 0.445. The third kappa shape index (κ3) is 7.44. The van der Waals surface area contributed by atoms with Crippen molar-refractivity contribution in [3.05, 3.63) is 24.3 Å². The second-order valence-electron chi connectivity index (χ2n) is 5.47. The maximum Gasteiger partial charge on any atom is 0.301 e. The van der Waals surface area contributed by atoms with E-state index in [1.807, 2.05) is 31.1 Å². The Bertz CT molecular complexity index is 716. The second-order valence-corrected chi connectivity index (χ2v) is 6.62. The third-order valence-corrected chi connectivity index (χ3v) is 3.94. The van der Waals surface area contributed by atoms with Gasteiger partial charge < -0.3 is 9.45 Å². The number of quaternary nitrogens is 1. The van der Waals surface area contributed by atoms with Crippen molar-refractivity contribution in [1.82, 2.24) is 4.90 Å². The molecule has 1 aromatic carbocycles. The molecule has 0 spiro atoms. The Morgan fingerprint density at radius 1 is 1.27 bits per heavy atom. The number of anilines is 1. The standard InChI is InChI=1S/C14H22N6.CH4O4S/c1-5-20(6-2)13-9-7-12(8-10-13)15-16-14-17-19(4)11-18(14)3;1-5-6(2,3)4/h7-10H,5-6,11H2,1-4H3;1H3,(H,2,3,4). The lowest BCUT2D eigenvalue weighted by atomic mass is 10.2. The summed E-state index contributed by atoms with van der Waals surface area (Å²) in [4.78, 5) is 4.29. The summed E-state index contributed by atoms with van der Waals surface area (Å²) in [5, 5.41) is 13.9. The minimum Gasteiger partial charge on any atom is -0.726 e. The molecule has 11 heteroatoms. The molecule has 0 saturated carbocycles. The first-order chi connectivity index (χ1) is 12.2. The molecule has 1 atom stereocenters. The van der Waals surface area contributed by atoms with Crippen LogP contribution in [0.5, 0.6) is 0 Å². The van der Waals surface area contributed by atoms with Crippen LogP contribution in [0.3, 0.4) is 0 Å². The summed E-state index contributed by atoms with van der Waals surface area (Å²) in [7, 11) is 0.364. The minimum atomic E-state index is -4.41. The van der Waals surface area contributed by atoms with Gasteiger partial charge in [0.2, 0.25) is 10.4 Å². The smallest absolute Gasteiger partial charge is 0.301 e. The van der Waals surface area contributed by atoms with Crippen molar-refractivity contribution in [1.29, 1.82) is 0 Å². The van der Waals surface area contributed by atoms with Crippen molar-refractivity contribution in [3.8, 4) is 0 Å². The summed E-state index contributed by atoms with van der Waals surface area (Å²) in [6.45, 7) is 7.16. The van der Waals surface area contributed by atoms with E-state index in [0.29, 0.717) is 5.96 Å². The van der Waals surface area contributed by atoms with Gasteiger partial charge in [-0.1, -0.05) is 0 Å². The largest absolute Gasteiger partial charge is 0.726 e. The third-order valence-electron chi connectivity index (χ3n) is 3.54. The predicted octanol–water partition coefficient (Wildman–Crippen LogP) is 0.398. The topological polar surface area (TPSA) is 114 Å². The Balaban J connectivity index is 0.000000487. The first-order valence-corrected chi connectivity index (χ1v) is 9.43. The lowest BCUT2D eigenvalue weighted by Gasteiger charge is -2.20. The zero-order chi connectivity index (χ0) is 19.7. The molecule has 146 valence electrons. The highest BCUT2D eigenvalue weighted by Crippen LogP contribution is 2.20. The molecule has 10 nitrogen and oxygen atoms in total. The Morgan fingerprint density at radius 2 is 1.81 bits per heavy atom. The van der Waals surface area contributed by atoms with Crippen molar-refractivity contribution in [2.24, 2.45) is 15.3 Å². The zero-order valence-corrected chi connectivity index (χ0v) is 16.5. The molecule has 1 N–H and O–H groups in total. The number of azo groups is 1. The van der Waals surface area contributed by atoms with Crippen LogP contribution in [0, 0.1) is 0 Å². The Labute approximate surface area is 154 Å². The van der Waals surface area contributed by atoms with Crippen LogP contribution in [-0.2, 0) is 14.6 Å². The van der Waals surface area contributed by atoms with Crippen LogP contribution in [0.25, 0.3) is 0 Å². The molecule has 0 aromatic heterocycles. The normalized spacial score (nSPS) is 17.1. The molecule has 0 bridgehead atoms. The maximum absolute atomic E-state index is 9.22. The number of hydrogen-bond donors (Lipinski definition) is 1. The fourth-order valence-corrected chi connectivity index (χ4v) is 2.23. The van der Waals surface area contributed by atoms with E-state index in [9.17, 15) is 13.0 Å². The van der Waals surface area contributed by atoms with E-state index in [2.05, 4.69) is 50.4 Å². The first-order valence-electron chi connectivity index (χ1n) is 8.10. The van der Waals surface area contributed by atoms with E-state index < -0.39 is 10.4 Å². The van der Waals surface area contributed by atoms with Gasteiger partial charge in [0.25, 0.3) is 0 Å². The molecule has 0 saturated heterocycles. The van der Waals surface area contributed by atoms with E-state index in [4.69, 9.17) is 0 Å². The van der Waals surface area contributed by atoms with Gasteiger partial charge in [0.1, 0.15) is 0 Å². The molecule has 1 unspecified atom stereocenters. The van der Waals surface area contributed by atoms with E-state index in [1.54, 1.807) is 0 Å². The van der Waals surface area contributed by atoms with Crippen molar-refractivity contribution >= 4 is 27.7 Å². The van der Waals surface area contributed by atoms with Gasteiger partial charge in [-0.2, -0.15) is 5.01 Å². The van der Waals surface area contributed by atoms with E-state index in [0.717, 1.165) is 37.6 Å². The number of benzene rings is 1. The fraction of sp³-hybridized carbons (Fsp3) is 0.533. The Morgan fingerprint density at radius 3 is 2.19 bits per heavy atom. The SMILES string of the molecule is CCN(CC)c1ccc(N=NC2=N[NH+](C)CN2C)cc1.COS(=O)(=O)[O-]. The Kier molecular flexibility index (Phi) is 8.58. The van der Waals surface area contributed by atoms with Crippen LogP contribution in [0.1, 0.15) is 13.8 Å². The molecule has 0 aliphatic carbocycles. The van der Waals surface area contributed by atoms with E-state index in [1.165, 1.54) is 5.69 Å². The second kappa shape index (κ2) is 10.2. The first kappa shape index (κ1) is 22.0.